The minimum Gasteiger partial charge on any atom is -0.386 e. The molecule has 0 aliphatic carbocycles. The maximum Gasteiger partial charge on any atom is 0.566 e. The molecule has 5 rings (SSSR count). The first-order valence-corrected chi connectivity index (χ1v) is 11.7. The van der Waals surface area contributed by atoms with Crippen molar-refractivity contribution in [1.82, 2.24) is 9.88 Å². The first-order valence-electron chi connectivity index (χ1n) is 11.7. The minimum absolute atomic E-state index is 0.0459. The van der Waals surface area contributed by atoms with Crippen molar-refractivity contribution in [3.63, 3.8) is 0 Å². The number of nitrogens with zero attached hydrogens (tertiary/aromatic N) is 2. The van der Waals surface area contributed by atoms with Crippen LogP contribution in [0.5, 0.6) is 0 Å². The number of rotatable bonds is 4. The summed E-state index contributed by atoms with van der Waals surface area (Å²) < 4.78 is 88.2. The standard InChI is InChI=1S/C26H24F6N3O2/c27-25(28,29)24(12-18-13-33-22-9-5-4-8-21(18)22)16-35(26(30,31)32)19(10-11-20(35)15-36)14-34(24)23(37)17-6-2-1-3-7-17/h1-9,11,13,19,33,36H,10,12,14-16H2/q+1/t19-,24-,35?/m1/s1. The first kappa shape index (κ1) is 25.3. The fraction of sp³-hybridized carbons (Fsp3) is 0.346. The van der Waals surface area contributed by atoms with Gasteiger partial charge in [0.05, 0.1) is 6.54 Å². The number of nitrogens with one attached hydrogen (secondary N) is 1. The van der Waals surface area contributed by atoms with Gasteiger partial charge in [0.25, 0.3) is 5.91 Å². The lowest BCUT2D eigenvalue weighted by Crippen LogP contribution is -2.80. The van der Waals surface area contributed by atoms with E-state index in [9.17, 15) is 23.1 Å². The second kappa shape index (κ2) is 8.63. The summed E-state index contributed by atoms with van der Waals surface area (Å²) in [6, 6.07) is 12.4. The van der Waals surface area contributed by atoms with Gasteiger partial charge < -0.3 is 15.0 Å². The quantitative estimate of drug-likeness (QED) is 0.282. The van der Waals surface area contributed by atoms with Crippen LogP contribution < -0.4 is 0 Å². The molecular weight excluding hydrogens is 500 g/mol. The number of aliphatic hydroxyl groups is 1. The monoisotopic (exact) mass is 524 g/mol. The van der Waals surface area contributed by atoms with Gasteiger partial charge in [0.15, 0.2) is 5.54 Å². The van der Waals surface area contributed by atoms with E-state index in [0.717, 1.165) is 6.08 Å². The Bertz CT molecular complexity index is 1350. The molecule has 2 aliphatic heterocycles. The number of H-pyrrole nitrogens is 1. The Morgan fingerprint density at radius 1 is 1.05 bits per heavy atom. The van der Waals surface area contributed by atoms with Crippen molar-refractivity contribution in [3.05, 3.63) is 83.7 Å². The molecule has 0 bridgehead atoms. The van der Waals surface area contributed by atoms with Crippen molar-refractivity contribution in [2.75, 3.05) is 19.7 Å². The molecule has 3 atom stereocenters. The third-order valence-corrected chi connectivity index (χ3v) is 7.75. The molecule has 1 unspecified atom stereocenters. The van der Waals surface area contributed by atoms with E-state index in [1.165, 1.54) is 30.5 Å². The van der Waals surface area contributed by atoms with Crippen LogP contribution in [0.4, 0.5) is 26.3 Å². The van der Waals surface area contributed by atoms with Crippen LogP contribution in [0.15, 0.2) is 72.6 Å². The molecule has 196 valence electrons. The Labute approximate surface area is 208 Å². The highest BCUT2D eigenvalue weighted by Gasteiger charge is 2.76. The summed E-state index contributed by atoms with van der Waals surface area (Å²) in [7, 11) is 0. The number of aromatic amines is 1. The Balaban J connectivity index is 1.74. The van der Waals surface area contributed by atoms with Crippen molar-refractivity contribution in [2.24, 2.45) is 0 Å². The summed E-state index contributed by atoms with van der Waals surface area (Å²) in [5.74, 6) is -0.991. The molecule has 11 heteroatoms. The number of alkyl halides is 6. The molecule has 3 aromatic rings. The van der Waals surface area contributed by atoms with Gasteiger partial charge in [0.1, 0.15) is 24.9 Å². The summed E-state index contributed by atoms with van der Waals surface area (Å²) in [6.45, 7) is -3.31. The second-order valence-corrected chi connectivity index (χ2v) is 9.59. The highest BCUT2D eigenvalue weighted by atomic mass is 19.4. The topological polar surface area (TPSA) is 56.3 Å². The molecule has 5 nitrogen and oxygen atoms in total. The Morgan fingerprint density at radius 2 is 1.73 bits per heavy atom. The number of halogens is 6. The predicted octanol–water partition coefficient (Wildman–Crippen LogP) is 5.15. The first-order chi connectivity index (χ1) is 17.4. The summed E-state index contributed by atoms with van der Waals surface area (Å²) in [4.78, 5) is 17.1. The van der Waals surface area contributed by atoms with E-state index in [1.807, 2.05) is 0 Å². The lowest BCUT2D eigenvalue weighted by molar-refractivity contribution is -1.02. The molecule has 0 saturated carbocycles. The number of para-hydroxylation sites is 1. The number of aliphatic hydroxyl groups excluding tert-OH is 1. The number of hydrogen-bond acceptors (Lipinski definition) is 2. The number of aromatic nitrogens is 1. The van der Waals surface area contributed by atoms with E-state index in [4.69, 9.17) is 0 Å². The van der Waals surface area contributed by atoms with Gasteiger partial charge in [0, 0.05) is 35.5 Å². The molecule has 37 heavy (non-hydrogen) atoms. The molecule has 0 spiro atoms. The van der Waals surface area contributed by atoms with Crippen molar-refractivity contribution in [3.8, 4) is 0 Å². The van der Waals surface area contributed by atoms with Gasteiger partial charge in [0.2, 0.25) is 0 Å². The number of piperazine rings is 1. The molecule has 3 heterocycles. The average molecular weight is 524 g/mol. The van der Waals surface area contributed by atoms with Crippen molar-refractivity contribution >= 4 is 16.8 Å². The van der Waals surface area contributed by atoms with Crippen LogP contribution in [-0.4, -0.2) is 69.1 Å². The molecule has 1 saturated heterocycles. The summed E-state index contributed by atoms with van der Waals surface area (Å²) in [5, 5.41) is 10.2. The zero-order valence-corrected chi connectivity index (χ0v) is 19.5. The fourth-order valence-corrected chi connectivity index (χ4v) is 5.93. The molecule has 1 aromatic heterocycles. The molecule has 1 fully saturated rings. The Kier molecular flexibility index (Phi) is 5.91. The van der Waals surface area contributed by atoms with Crippen LogP contribution in [0.25, 0.3) is 10.9 Å². The Morgan fingerprint density at radius 3 is 2.38 bits per heavy atom. The van der Waals surface area contributed by atoms with E-state index in [1.54, 1.807) is 30.3 Å². The summed E-state index contributed by atoms with van der Waals surface area (Å²) in [6.07, 6.45) is -8.97. The number of fused-ring (bicyclic) bond motifs is 2. The molecule has 0 radical (unpaired) electrons. The smallest absolute Gasteiger partial charge is 0.386 e. The van der Waals surface area contributed by atoms with Gasteiger partial charge in [-0.25, -0.2) is 0 Å². The van der Waals surface area contributed by atoms with Gasteiger partial charge in [-0.2, -0.15) is 17.7 Å². The molecular formula is C26H24F6N3O2+. The van der Waals surface area contributed by atoms with Crippen LogP contribution in [0.3, 0.4) is 0 Å². The van der Waals surface area contributed by atoms with E-state index >= 15 is 13.2 Å². The van der Waals surface area contributed by atoms with E-state index in [-0.39, 0.29) is 17.5 Å². The molecule has 2 N–H and O–H groups in total. The second-order valence-electron chi connectivity index (χ2n) is 9.59. The lowest BCUT2D eigenvalue weighted by atomic mass is 9.82. The SMILES string of the molecule is O=C(c1ccccc1)N1C[C@H]2CC=C(CO)[N+]2(C(F)(F)F)C[C@]1(Cc1c[nH]c2ccccc12)C(F)(F)F. The lowest BCUT2D eigenvalue weighted by Gasteiger charge is -2.56. The van der Waals surface area contributed by atoms with Crippen LogP contribution in [-0.2, 0) is 6.42 Å². The normalized spacial score (nSPS) is 26.3. The van der Waals surface area contributed by atoms with Gasteiger partial charge in [-0.1, -0.05) is 36.4 Å². The molecule has 2 aromatic carbocycles. The Hall–Kier alpha value is -3.31. The predicted molar refractivity (Wildman–Crippen MR) is 123 cm³/mol. The van der Waals surface area contributed by atoms with Crippen LogP contribution in [0, 0.1) is 0 Å². The summed E-state index contributed by atoms with van der Waals surface area (Å²) in [5.41, 5.74) is -3.12. The number of hydrogen-bond donors (Lipinski definition) is 2. The minimum atomic E-state index is -5.24. The zero-order valence-electron chi connectivity index (χ0n) is 19.5. The van der Waals surface area contributed by atoms with E-state index < -0.39 is 66.3 Å². The van der Waals surface area contributed by atoms with E-state index in [2.05, 4.69) is 4.98 Å². The number of carbonyl (C=O) groups is 1. The van der Waals surface area contributed by atoms with Crippen LogP contribution in [0.1, 0.15) is 22.3 Å². The number of benzene rings is 2. The van der Waals surface area contributed by atoms with Crippen molar-refractivity contribution in [2.45, 2.75) is 36.9 Å². The molecule has 1 amide bonds. The van der Waals surface area contributed by atoms with Crippen LogP contribution in [0.2, 0.25) is 0 Å². The van der Waals surface area contributed by atoms with E-state index in [0.29, 0.717) is 15.8 Å². The fourth-order valence-electron chi connectivity index (χ4n) is 5.93. The van der Waals surface area contributed by atoms with Crippen molar-refractivity contribution < 1.29 is 40.7 Å². The maximum absolute atomic E-state index is 15.3. The molecule has 2 aliphatic rings. The maximum atomic E-state index is 15.3. The van der Waals surface area contributed by atoms with Gasteiger partial charge in [-0.15, -0.1) is 13.2 Å². The number of carbonyl (C=O) groups excluding carboxylic acids is 1. The third kappa shape index (κ3) is 3.74. The highest BCUT2D eigenvalue weighted by molar-refractivity contribution is 5.95. The zero-order chi connectivity index (χ0) is 26.6. The number of amides is 1. The number of quaternary nitrogens is 1. The average Bonchev–Trinajstić information content (AvgIpc) is 3.44. The highest BCUT2D eigenvalue weighted by Crippen LogP contribution is 2.54. The van der Waals surface area contributed by atoms with Gasteiger partial charge >= 0.3 is 12.5 Å². The summed E-state index contributed by atoms with van der Waals surface area (Å²) >= 11 is 0. The van der Waals surface area contributed by atoms with Gasteiger partial charge in [-0.3, -0.25) is 4.79 Å². The third-order valence-electron chi connectivity index (χ3n) is 7.75. The van der Waals surface area contributed by atoms with Gasteiger partial charge in [-0.05, 0) is 29.8 Å². The van der Waals surface area contributed by atoms with Crippen molar-refractivity contribution in [1.29, 1.82) is 0 Å². The largest absolute Gasteiger partial charge is 0.566 e. The van der Waals surface area contributed by atoms with Crippen LogP contribution >= 0.6 is 0 Å².